The van der Waals surface area contributed by atoms with Crippen LogP contribution < -0.4 is 5.32 Å². The van der Waals surface area contributed by atoms with Gasteiger partial charge in [-0.25, -0.2) is 0 Å². The molecule has 0 radical (unpaired) electrons. The summed E-state index contributed by atoms with van der Waals surface area (Å²) in [7, 11) is 0. The molecule has 0 spiro atoms. The maximum absolute atomic E-state index is 11.6. The maximum Gasteiger partial charge on any atom is 0.308 e. The minimum absolute atomic E-state index is 0.174. The molecule has 7 nitrogen and oxygen atoms in total. The van der Waals surface area contributed by atoms with Crippen LogP contribution in [0.1, 0.15) is 23.6 Å². The molecule has 2 rings (SSSR count). The van der Waals surface area contributed by atoms with Gasteiger partial charge in [0.2, 0.25) is 0 Å². The highest BCUT2D eigenvalue weighted by atomic mass is 16.5. The van der Waals surface area contributed by atoms with Gasteiger partial charge in [-0.15, -0.1) is 0 Å². The highest BCUT2D eigenvalue weighted by Gasteiger charge is 2.09. The number of esters is 1. The number of hydrogen-bond donors (Lipinski definition) is 1. The molecule has 0 aromatic carbocycles. The van der Waals surface area contributed by atoms with E-state index in [0.29, 0.717) is 12.3 Å². The van der Waals surface area contributed by atoms with Crippen molar-refractivity contribution in [3.05, 3.63) is 41.6 Å². The van der Waals surface area contributed by atoms with Crippen LogP contribution in [0.5, 0.6) is 0 Å². The second-order valence-corrected chi connectivity index (χ2v) is 4.92. The van der Waals surface area contributed by atoms with Crippen LogP contribution in [0.4, 0.5) is 0 Å². The Balaban J connectivity index is 1.64. The number of amides is 1. The lowest BCUT2D eigenvalue weighted by Gasteiger charge is -2.06. The number of ether oxygens (including phenoxy) is 1. The van der Waals surface area contributed by atoms with Gasteiger partial charge in [0.1, 0.15) is 5.76 Å². The summed E-state index contributed by atoms with van der Waals surface area (Å²) in [6.45, 7) is 4.23. The molecule has 0 bridgehead atoms. The van der Waals surface area contributed by atoms with Crippen LogP contribution in [0.2, 0.25) is 0 Å². The van der Waals surface area contributed by atoms with Gasteiger partial charge in [0.15, 0.2) is 6.61 Å². The summed E-state index contributed by atoms with van der Waals surface area (Å²) in [4.78, 5) is 23.1. The van der Waals surface area contributed by atoms with E-state index >= 15 is 0 Å². The SMILES string of the molecule is Cc1cc(C)n(CCC(=O)OCC(=O)NCc2ccco2)n1. The molecule has 118 valence electrons. The first kappa shape index (κ1) is 15.8. The molecule has 2 aromatic rings. The molecule has 22 heavy (non-hydrogen) atoms. The van der Waals surface area contributed by atoms with Crippen molar-refractivity contribution in [2.24, 2.45) is 0 Å². The number of nitrogens with one attached hydrogen (secondary N) is 1. The third-order valence-electron chi connectivity index (χ3n) is 3.04. The first-order valence-corrected chi connectivity index (χ1v) is 7.00. The van der Waals surface area contributed by atoms with E-state index < -0.39 is 5.97 Å². The second-order valence-electron chi connectivity index (χ2n) is 4.92. The number of furan rings is 1. The quantitative estimate of drug-likeness (QED) is 0.780. The van der Waals surface area contributed by atoms with Gasteiger partial charge in [0, 0.05) is 5.69 Å². The van der Waals surface area contributed by atoms with Crippen molar-refractivity contribution in [3.8, 4) is 0 Å². The largest absolute Gasteiger partial charge is 0.467 e. The minimum atomic E-state index is -0.430. The molecule has 1 N–H and O–H groups in total. The third-order valence-corrected chi connectivity index (χ3v) is 3.04. The zero-order valence-electron chi connectivity index (χ0n) is 12.7. The number of aromatic nitrogens is 2. The van der Waals surface area contributed by atoms with Gasteiger partial charge in [0.05, 0.1) is 31.5 Å². The van der Waals surface area contributed by atoms with Gasteiger partial charge in [-0.1, -0.05) is 0 Å². The Morgan fingerprint density at radius 3 is 2.86 bits per heavy atom. The van der Waals surface area contributed by atoms with Crippen molar-refractivity contribution in [2.45, 2.75) is 33.4 Å². The summed E-state index contributed by atoms with van der Waals surface area (Å²) < 4.78 is 11.7. The standard InChI is InChI=1S/C15H19N3O4/c1-11-8-12(2)18(17-11)6-5-15(20)22-10-14(19)16-9-13-4-3-7-21-13/h3-4,7-8H,5-6,9-10H2,1-2H3,(H,16,19). The molecular formula is C15H19N3O4. The molecule has 2 heterocycles. The van der Waals surface area contributed by atoms with Crippen molar-refractivity contribution in [3.63, 3.8) is 0 Å². The summed E-state index contributed by atoms with van der Waals surface area (Å²) in [5, 5.41) is 6.85. The summed E-state index contributed by atoms with van der Waals surface area (Å²) in [6.07, 6.45) is 1.70. The van der Waals surface area contributed by atoms with Gasteiger partial charge < -0.3 is 14.5 Å². The van der Waals surface area contributed by atoms with E-state index in [0.717, 1.165) is 11.4 Å². The third kappa shape index (κ3) is 4.76. The molecular weight excluding hydrogens is 286 g/mol. The fourth-order valence-corrected chi connectivity index (χ4v) is 1.97. The average molecular weight is 305 g/mol. The zero-order chi connectivity index (χ0) is 15.9. The molecule has 0 saturated heterocycles. The number of carbonyl (C=O) groups is 2. The Hall–Kier alpha value is -2.57. The number of nitrogens with zero attached hydrogens (tertiary/aromatic N) is 2. The smallest absolute Gasteiger partial charge is 0.308 e. The number of rotatable bonds is 7. The van der Waals surface area contributed by atoms with Gasteiger partial charge >= 0.3 is 5.97 Å². The van der Waals surface area contributed by atoms with Gasteiger partial charge in [-0.2, -0.15) is 5.10 Å². The van der Waals surface area contributed by atoms with Crippen LogP contribution in [-0.4, -0.2) is 28.3 Å². The van der Waals surface area contributed by atoms with Crippen molar-refractivity contribution in [1.82, 2.24) is 15.1 Å². The van der Waals surface area contributed by atoms with Gasteiger partial charge in [-0.3, -0.25) is 14.3 Å². The topological polar surface area (TPSA) is 86.4 Å². The van der Waals surface area contributed by atoms with E-state index in [9.17, 15) is 9.59 Å². The molecule has 0 aliphatic carbocycles. The first-order valence-electron chi connectivity index (χ1n) is 7.00. The highest BCUT2D eigenvalue weighted by molar-refractivity contribution is 5.80. The molecule has 0 atom stereocenters. The predicted octanol–water partition coefficient (Wildman–Crippen LogP) is 1.34. The van der Waals surface area contributed by atoms with Crippen molar-refractivity contribution in [1.29, 1.82) is 0 Å². The Morgan fingerprint density at radius 2 is 2.23 bits per heavy atom. The Kier molecular flexibility index (Phi) is 5.35. The maximum atomic E-state index is 11.6. The monoisotopic (exact) mass is 305 g/mol. The van der Waals surface area contributed by atoms with Crippen molar-refractivity contribution >= 4 is 11.9 Å². The molecule has 0 aliphatic heterocycles. The summed E-state index contributed by atoms with van der Waals surface area (Å²) in [6, 6.07) is 5.43. The predicted molar refractivity (Wildman–Crippen MR) is 77.8 cm³/mol. The van der Waals surface area contributed by atoms with Crippen LogP contribution in [0.25, 0.3) is 0 Å². The molecule has 0 aliphatic rings. The van der Waals surface area contributed by atoms with Crippen LogP contribution in [-0.2, 0) is 27.4 Å². The van der Waals surface area contributed by atoms with E-state index in [1.807, 2.05) is 19.9 Å². The lowest BCUT2D eigenvalue weighted by Crippen LogP contribution is -2.28. The van der Waals surface area contributed by atoms with Crippen LogP contribution in [0, 0.1) is 13.8 Å². The van der Waals surface area contributed by atoms with E-state index in [2.05, 4.69) is 10.4 Å². The Labute approximate surface area is 128 Å². The summed E-state index contributed by atoms with van der Waals surface area (Å²) >= 11 is 0. The molecule has 7 heteroatoms. The average Bonchev–Trinajstić information content (AvgIpc) is 3.10. The van der Waals surface area contributed by atoms with Crippen LogP contribution in [0.15, 0.2) is 28.9 Å². The van der Waals surface area contributed by atoms with Gasteiger partial charge in [0.25, 0.3) is 5.91 Å². The Bertz CT molecular complexity index is 631. The normalized spacial score (nSPS) is 10.5. The molecule has 0 saturated carbocycles. The molecule has 2 aromatic heterocycles. The Morgan fingerprint density at radius 1 is 1.41 bits per heavy atom. The highest BCUT2D eigenvalue weighted by Crippen LogP contribution is 2.03. The number of aryl methyl sites for hydroxylation is 3. The molecule has 0 unspecified atom stereocenters. The van der Waals surface area contributed by atoms with E-state index in [1.54, 1.807) is 16.8 Å². The van der Waals surface area contributed by atoms with Crippen molar-refractivity contribution in [2.75, 3.05) is 6.61 Å². The first-order chi connectivity index (χ1) is 10.5. The molecule has 0 fully saturated rings. The minimum Gasteiger partial charge on any atom is -0.467 e. The fourth-order valence-electron chi connectivity index (χ4n) is 1.97. The second kappa shape index (κ2) is 7.44. The lowest BCUT2D eigenvalue weighted by molar-refractivity contribution is -0.148. The fraction of sp³-hybridized carbons (Fsp3) is 0.400. The molecule has 1 amide bonds. The zero-order valence-corrected chi connectivity index (χ0v) is 12.7. The van der Waals surface area contributed by atoms with Crippen molar-refractivity contribution < 1.29 is 18.7 Å². The van der Waals surface area contributed by atoms with E-state index in [4.69, 9.17) is 9.15 Å². The lowest BCUT2D eigenvalue weighted by atomic mass is 10.4. The van der Waals surface area contributed by atoms with E-state index in [-0.39, 0.29) is 25.5 Å². The number of carbonyl (C=O) groups excluding carboxylic acids is 2. The number of hydrogen-bond acceptors (Lipinski definition) is 5. The van der Waals surface area contributed by atoms with Crippen LogP contribution >= 0.6 is 0 Å². The van der Waals surface area contributed by atoms with Gasteiger partial charge in [-0.05, 0) is 32.0 Å². The summed E-state index contributed by atoms with van der Waals surface area (Å²) in [5.74, 6) is -0.152. The van der Waals surface area contributed by atoms with E-state index in [1.165, 1.54) is 6.26 Å². The van der Waals surface area contributed by atoms with Crippen LogP contribution in [0.3, 0.4) is 0 Å². The summed E-state index contributed by atoms with van der Waals surface area (Å²) in [5.41, 5.74) is 1.89.